The van der Waals surface area contributed by atoms with Crippen LogP contribution in [0.4, 0.5) is 5.69 Å². The predicted molar refractivity (Wildman–Crippen MR) is 122 cm³/mol. The molecule has 0 amide bonds. The second kappa shape index (κ2) is 9.57. The number of anilines is 1. The summed E-state index contributed by atoms with van der Waals surface area (Å²) in [6.45, 7) is 8.82. The summed E-state index contributed by atoms with van der Waals surface area (Å²) in [4.78, 5) is 3.64. The third-order valence-corrected chi connectivity index (χ3v) is 7.66. The van der Waals surface area contributed by atoms with Crippen molar-refractivity contribution in [1.29, 1.82) is 0 Å². The summed E-state index contributed by atoms with van der Waals surface area (Å²) in [6, 6.07) is 19.2. The van der Waals surface area contributed by atoms with Crippen molar-refractivity contribution in [1.82, 2.24) is 4.31 Å². The van der Waals surface area contributed by atoms with Crippen LogP contribution in [0.25, 0.3) is 0 Å². The fraction of sp³-hybridized carbons (Fsp3) is 0.304. The van der Waals surface area contributed by atoms with Crippen LogP contribution in [0.3, 0.4) is 0 Å². The van der Waals surface area contributed by atoms with Gasteiger partial charge in [-0.15, -0.1) is 11.3 Å². The Labute approximate surface area is 178 Å². The summed E-state index contributed by atoms with van der Waals surface area (Å²) < 4.78 is 28.3. The lowest BCUT2D eigenvalue weighted by Gasteiger charge is -2.24. The van der Waals surface area contributed by atoms with E-state index in [4.69, 9.17) is 0 Å². The molecule has 0 fully saturated rings. The molecular weight excluding hydrogens is 400 g/mol. The van der Waals surface area contributed by atoms with Crippen molar-refractivity contribution in [3.63, 3.8) is 0 Å². The Morgan fingerprint density at radius 1 is 0.862 bits per heavy atom. The highest BCUT2D eigenvalue weighted by Gasteiger charge is 2.25. The van der Waals surface area contributed by atoms with Gasteiger partial charge in [-0.2, -0.15) is 4.31 Å². The number of hydrogen-bond donors (Lipinski definition) is 0. The van der Waals surface area contributed by atoms with E-state index in [-0.39, 0.29) is 0 Å². The average molecular weight is 429 g/mol. The molecule has 0 aliphatic rings. The van der Waals surface area contributed by atoms with E-state index in [2.05, 4.69) is 30.9 Å². The second-order valence-electron chi connectivity index (χ2n) is 7.00. The standard InChI is InChI=1S/C23H28N2O2S2/c1-4-24(5-2)21-12-10-20(11-13-21)17-25(18-22-7-6-16-28-22)29(26,27)23-14-8-19(3)9-15-23/h6-16H,4-5,17-18H2,1-3H3. The molecule has 0 N–H and O–H groups in total. The van der Waals surface area contributed by atoms with Gasteiger partial charge < -0.3 is 4.90 Å². The van der Waals surface area contributed by atoms with Crippen LogP contribution in [-0.4, -0.2) is 25.8 Å². The van der Waals surface area contributed by atoms with Gasteiger partial charge in [0, 0.05) is 36.7 Å². The van der Waals surface area contributed by atoms with E-state index in [1.54, 1.807) is 27.8 Å². The quantitative estimate of drug-likeness (QED) is 0.465. The maximum Gasteiger partial charge on any atom is 0.243 e. The van der Waals surface area contributed by atoms with Gasteiger partial charge in [-0.3, -0.25) is 0 Å². The molecule has 6 heteroatoms. The van der Waals surface area contributed by atoms with E-state index < -0.39 is 10.0 Å². The van der Waals surface area contributed by atoms with E-state index in [0.717, 1.165) is 34.8 Å². The minimum atomic E-state index is -3.60. The highest BCUT2D eigenvalue weighted by atomic mass is 32.2. The first-order valence-corrected chi connectivity index (χ1v) is 12.2. The summed E-state index contributed by atoms with van der Waals surface area (Å²) in [5.74, 6) is 0. The number of sulfonamides is 1. The lowest BCUT2D eigenvalue weighted by Crippen LogP contribution is -2.30. The lowest BCUT2D eigenvalue weighted by atomic mass is 10.2. The normalized spacial score (nSPS) is 11.7. The SMILES string of the molecule is CCN(CC)c1ccc(CN(Cc2cccs2)S(=O)(=O)c2ccc(C)cc2)cc1. The Bertz CT molecular complexity index is 992. The molecule has 1 heterocycles. The van der Waals surface area contributed by atoms with Crippen LogP contribution in [-0.2, 0) is 23.1 Å². The molecule has 0 atom stereocenters. The van der Waals surface area contributed by atoms with Crippen LogP contribution in [0.1, 0.15) is 29.9 Å². The smallest absolute Gasteiger partial charge is 0.243 e. The van der Waals surface area contributed by atoms with Crippen LogP contribution in [0.5, 0.6) is 0 Å². The fourth-order valence-corrected chi connectivity index (χ4v) is 5.47. The van der Waals surface area contributed by atoms with Gasteiger partial charge in [0.05, 0.1) is 4.90 Å². The first-order chi connectivity index (χ1) is 13.9. The molecule has 0 aliphatic heterocycles. The zero-order valence-electron chi connectivity index (χ0n) is 17.2. The monoisotopic (exact) mass is 428 g/mol. The molecule has 0 bridgehead atoms. The average Bonchev–Trinajstić information content (AvgIpc) is 3.23. The molecule has 29 heavy (non-hydrogen) atoms. The first-order valence-electron chi connectivity index (χ1n) is 9.87. The van der Waals surface area contributed by atoms with Crippen molar-refractivity contribution < 1.29 is 8.42 Å². The van der Waals surface area contributed by atoms with Crippen molar-refractivity contribution >= 4 is 27.0 Å². The van der Waals surface area contributed by atoms with Crippen LogP contribution < -0.4 is 4.90 Å². The zero-order chi connectivity index (χ0) is 20.9. The summed E-state index contributed by atoms with van der Waals surface area (Å²) in [5.41, 5.74) is 3.18. The van der Waals surface area contributed by atoms with E-state index in [0.29, 0.717) is 18.0 Å². The molecule has 2 aromatic carbocycles. The molecule has 0 radical (unpaired) electrons. The molecule has 3 aromatic rings. The van der Waals surface area contributed by atoms with E-state index >= 15 is 0 Å². The minimum Gasteiger partial charge on any atom is -0.372 e. The van der Waals surface area contributed by atoms with Crippen LogP contribution in [0.15, 0.2) is 70.9 Å². The Morgan fingerprint density at radius 2 is 1.52 bits per heavy atom. The molecular formula is C23H28N2O2S2. The van der Waals surface area contributed by atoms with Crippen LogP contribution >= 0.6 is 11.3 Å². The minimum absolute atomic E-state index is 0.333. The predicted octanol–water partition coefficient (Wildman–Crippen LogP) is 5.29. The van der Waals surface area contributed by atoms with Gasteiger partial charge in [0.1, 0.15) is 0 Å². The van der Waals surface area contributed by atoms with E-state index in [1.165, 1.54) is 0 Å². The van der Waals surface area contributed by atoms with E-state index in [1.807, 2.05) is 48.7 Å². The third-order valence-electron chi connectivity index (χ3n) is 4.99. The molecule has 0 unspecified atom stereocenters. The number of nitrogens with zero attached hydrogens (tertiary/aromatic N) is 2. The number of thiophene rings is 1. The van der Waals surface area contributed by atoms with Gasteiger partial charge in [0.15, 0.2) is 0 Å². The highest BCUT2D eigenvalue weighted by molar-refractivity contribution is 7.89. The maximum atomic E-state index is 13.4. The molecule has 0 saturated carbocycles. The molecule has 0 aliphatic carbocycles. The van der Waals surface area contributed by atoms with E-state index in [9.17, 15) is 8.42 Å². The molecule has 3 rings (SSSR count). The van der Waals surface area contributed by atoms with Crippen LogP contribution in [0.2, 0.25) is 0 Å². The van der Waals surface area contributed by atoms with Crippen LogP contribution in [0, 0.1) is 6.92 Å². The highest BCUT2D eigenvalue weighted by Crippen LogP contribution is 2.24. The topological polar surface area (TPSA) is 40.6 Å². The molecule has 154 valence electrons. The fourth-order valence-electron chi connectivity index (χ4n) is 3.27. The molecule has 0 spiro atoms. The lowest BCUT2D eigenvalue weighted by molar-refractivity contribution is 0.404. The van der Waals surface area contributed by atoms with Gasteiger partial charge in [-0.25, -0.2) is 8.42 Å². The maximum absolute atomic E-state index is 13.4. The van der Waals surface area contributed by atoms with Crippen molar-refractivity contribution in [2.45, 2.75) is 38.8 Å². The van der Waals surface area contributed by atoms with Crippen molar-refractivity contribution in [2.75, 3.05) is 18.0 Å². The Hall–Kier alpha value is -2.15. The number of hydrogen-bond acceptors (Lipinski definition) is 4. The number of aryl methyl sites for hydroxylation is 1. The number of benzene rings is 2. The summed E-state index contributed by atoms with van der Waals surface area (Å²) in [7, 11) is -3.60. The van der Waals surface area contributed by atoms with Gasteiger partial charge in [0.2, 0.25) is 10.0 Å². The summed E-state index contributed by atoms with van der Waals surface area (Å²) in [5, 5.41) is 1.98. The Morgan fingerprint density at radius 3 is 2.07 bits per heavy atom. The number of rotatable bonds is 9. The van der Waals surface area contributed by atoms with Gasteiger partial charge in [-0.05, 0) is 62.0 Å². The Balaban J connectivity index is 1.88. The van der Waals surface area contributed by atoms with Gasteiger partial charge in [0.25, 0.3) is 0 Å². The van der Waals surface area contributed by atoms with Crippen molar-refractivity contribution in [2.24, 2.45) is 0 Å². The second-order valence-corrected chi connectivity index (χ2v) is 9.97. The molecule has 4 nitrogen and oxygen atoms in total. The van der Waals surface area contributed by atoms with Crippen molar-refractivity contribution in [3.05, 3.63) is 82.0 Å². The summed E-state index contributed by atoms with van der Waals surface area (Å²) in [6.07, 6.45) is 0. The van der Waals surface area contributed by atoms with Gasteiger partial charge >= 0.3 is 0 Å². The Kier molecular flexibility index (Phi) is 7.11. The largest absolute Gasteiger partial charge is 0.372 e. The third kappa shape index (κ3) is 5.26. The molecule has 1 aromatic heterocycles. The zero-order valence-corrected chi connectivity index (χ0v) is 18.8. The van der Waals surface area contributed by atoms with Gasteiger partial charge in [-0.1, -0.05) is 35.9 Å². The van der Waals surface area contributed by atoms with Crippen molar-refractivity contribution in [3.8, 4) is 0 Å². The molecule has 0 saturated heterocycles. The summed E-state index contributed by atoms with van der Waals surface area (Å²) >= 11 is 1.58. The first kappa shape index (κ1) is 21.6.